The van der Waals surface area contributed by atoms with Gasteiger partial charge in [-0.1, -0.05) is 30.7 Å². The number of benzene rings is 1. The minimum atomic E-state index is -0.766. The van der Waals surface area contributed by atoms with Crippen LogP contribution in [-0.2, 0) is 4.79 Å². The molecule has 1 N–H and O–H groups in total. The van der Waals surface area contributed by atoms with Crippen LogP contribution in [0, 0.1) is 18.8 Å². The summed E-state index contributed by atoms with van der Waals surface area (Å²) in [7, 11) is 0. The Bertz CT molecular complexity index is 465. The number of carbonyl (C=O) groups is 2. The van der Waals surface area contributed by atoms with Crippen LogP contribution in [0.1, 0.15) is 41.6 Å². The van der Waals surface area contributed by atoms with Gasteiger partial charge >= 0.3 is 5.97 Å². The van der Waals surface area contributed by atoms with Gasteiger partial charge in [-0.25, -0.2) is 0 Å². The molecule has 0 heterocycles. The zero-order valence-corrected chi connectivity index (χ0v) is 10.6. The molecule has 1 fully saturated rings. The number of ketones is 1. The van der Waals surface area contributed by atoms with Gasteiger partial charge in [0.2, 0.25) is 0 Å². The minimum absolute atomic E-state index is 0.110. The lowest BCUT2D eigenvalue weighted by Crippen LogP contribution is -2.27. The third-order valence-electron chi connectivity index (χ3n) is 3.80. The zero-order chi connectivity index (χ0) is 13.1. The number of Topliss-reactive ketones (excluding diaryl/α,β-unsaturated/α-hetero) is 1. The van der Waals surface area contributed by atoms with E-state index < -0.39 is 5.97 Å². The number of carboxylic acids is 1. The molecule has 96 valence electrons. The molecule has 1 aromatic rings. The van der Waals surface area contributed by atoms with Crippen molar-refractivity contribution in [3.05, 3.63) is 35.4 Å². The number of hydrogen-bond acceptors (Lipinski definition) is 2. The standard InChI is InChI=1S/C15H18O3/c1-10-5-2-3-8-13(10)14(16)11-6-4-7-12(9-11)15(17)18/h2-3,5,8,11-12H,4,6-7,9H2,1H3,(H,17,18). The van der Waals surface area contributed by atoms with Gasteiger partial charge in [-0.2, -0.15) is 0 Å². The third kappa shape index (κ3) is 2.61. The highest BCUT2D eigenvalue weighted by Gasteiger charge is 2.31. The molecular weight excluding hydrogens is 228 g/mol. The summed E-state index contributed by atoms with van der Waals surface area (Å²) in [4.78, 5) is 23.4. The van der Waals surface area contributed by atoms with Crippen molar-refractivity contribution in [1.29, 1.82) is 0 Å². The van der Waals surface area contributed by atoms with E-state index in [4.69, 9.17) is 5.11 Å². The van der Waals surface area contributed by atoms with Crippen LogP contribution in [0.4, 0.5) is 0 Å². The summed E-state index contributed by atoms with van der Waals surface area (Å²) in [5.74, 6) is -1.13. The molecule has 3 heteroatoms. The molecule has 0 radical (unpaired) electrons. The van der Waals surface area contributed by atoms with Gasteiger partial charge in [0.25, 0.3) is 0 Å². The molecule has 2 atom stereocenters. The molecule has 0 amide bonds. The van der Waals surface area contributed by atoms with E-state index in [0.29, 0.717) is 12.8 Å². The van der Waals surface area contributed by atoms with Crippen LogP contribution in [-0.4, -0.2) is 16.9 Å². The van der Waals surface area contributed by atoms with Crippen molar-refractivity contribution in [2.24, 2.45) is 11.8 Å². The molecule has 1 saturated carbocycles. The number of hydrogen-bond donors (Lipinski definition) is 1. The van der Waals surface area contributed by atoms with Crippen LogP contribution in [0.5, 0.6) is 0 Å². The predicted molar refractivity (Wildman–Crippen MR) is 68.6 cm³/mol. The Kier molecular flexibility index (Phi) is 3.80. The second-order valence-corrected chi connectivity index (χ2v) is 5.08. The largest absolute Gasteiger partial charge is 0.481 e. The summed E-state index contributed by atoms with van der Waals surface area (Å²) in [6, 6.07) is 7.53. The molecule has 1 aliphatic rings. The Morgan fingerprint density at radius 3 is 2.50 bits per heavy atom. The Labute approximate surface area is 107 Å². The maximum Gasteiger partial charge on any atom is 0.306 e. The molecule has 0 spiro atoms. The molecule has 0 aliphatic heterocycles. The van der Waals surface area contributed by atoms with Crippen molar-refractivity contribution in [3.8, 4) is 0 Å². The molecule has 18 heavy (non-hydrogen) atoms. The first-order valence-corrected chi connectivity index (χ1v) is 6.42. The molecule has 0 saturated heterocycles. The highest BCUT2D eigenvalue weighted by molar-refractivity contribution is 5.99. The maximum absolute atomic E-state index is 12.4. The van der Waals surface area contributed by atoms with E-state index in [1.807, 2.05) is 31.2 Å². The summed E-state index contributed by atoms with van der Waals surface area (Å²) < 4.78 is 0. The predicted octanol–water partition coefficient (Wildman–Crippen LogP) is 3.07. The molecule has 1 aromatic carbocycles. The molecule has 0 aromatic heterocycles. The van der Waals surface area contributed by atoms with Crippen molar-refractivity contribution >= 4 is 11.8 Å². The summed E-state index contributed by atoms with van der Waals surface area (Å²) in [5, 5.41) is 9.05. The van der Waals surface area contributed by atoms with Gasteiger partial charge in [0, 0.05) is 11.5 Å². The zero-order valence-electron chi connectivity index (χ0n) is 10.6. The highest BCUT2D eigenvalue weighted by Crippen LogP contribution is 2.32. The van der Waals surface area contributed by atoms with Crippen LogP contribution in [0.25, 0.3) is 0 Å². The number of rotatable bonds is 3. The van der Waals surface area contributed by atoms with Crippen LogP contribution >= 0.6 is 0 Å². The van der Waals surface area contributed by atoms with Crippen LogP contribution in [0.2, 0.25) is 0 Å². The number of carboxylic acid groups (broad SMARTS) is 1. The van der Waals surface area contributed by atoms with E-state index >= 15 is 0 Å². The molecule has 0 bridgehead atoms. The average molecular weight is 246 g/mol. The SMILES string of the molecule is Cc1ccccc1C(=O)C1CCCC(C(=O)O)C1. The first kappa shape index (κ1) is 12.8. The molecule has 2 unspecified atom stereocenters. The van der Waals surface area contributed by atoms with E-state index in [1.54, 1.807) is 0 Å². The third-order valence-corrected chi connectivity index (χ3v) is 3.80. The van der Waals surface area contributed by atoms with Crippen LogP contribution in [0.15, 0.2) is 24.3 Å². The Morgan fingerprint density at radius 1 is 1.17 bits per heavy atom. The Morgan fingerprint density at radius 2 is 1.83 bits per heavy atom. The first-order chi connectivity index (χ1) is 8.59. The molecular formula is C15H18O3. The quantitative estimate of drug-likeness (QED) is 0.834. The Balaban J connectivity index is 2.14. The van der Waals surface area contributed by atoms with Gasteiger partial charge in [-0.05, 0) is 31.7 Å². The molecule has 3 nitrogen and oxygen atoms in total. The average Bonchev–Trinajstić information content (AvgIpc) is 2.38. The van der Waals surface area contributed by atoms with Gasteiger partial charge in [0.15, 0.2) is 5.78 Å². The fraction of sp³-hybridized carbons (Fsp3) is 0.467. The summed E-state index contributed by atoms with van der Waals surface area (Å²) in [6.45, 7) is 1.92. The monoisotopic (exact) mass is 246 g/mol. The molecule has 1 aliphatic carbocycles. The summed E-state index contributed by atoms with van der Waals surface area (Å²) >= 11 is 0. The lowest BCUT2D eigenvalue weighted by Gasteiger charge is -2.25. The maximum atomic E-state index is 12.4. The second-order valence-electron chi connectivity index (χ2n) is 5.08. The molecule has 2 rings (SSSR count). The van der Waals surface area contributed by atoms with Gasteiger partial charge < -0.3 is 5.11 Å². The van der Waals surface area contributed by atoms with Crippen molar-refractivity contribution in [1.82, 2.24) is 0 Å². The highest BCUT2D eigenvalue weighted by atomic mass is 16.4. The van der Waals surface area contributed by atoms with E-state index in [1.165, 1.54) is 0 Å². The van der Waals surface area contributed by atoms with Gasteiger partial charge in [-0.15, -0.1) is 0 Å². The normalized spacial score (nSPS) is 23.6. The van der Waals surface area contributed by atoms with Crippen LogP contribution < -0.4 is 0 Å². The lowest BCUT2D eigenvalue weighted by atomic mass is 9.77. The van der Waals surface area contributed by atoms with Gasteiger partial charge in [0.05, 0.1) is 5.92 Å². The second kappa shape index (κ2) is 5.34. The van der Waals surface area contributed by atoms with Crippen LogP contribution in [0.3, 0.4) is 0 Å². The van der Waals surface area contributed by atoms with Crippen molar-refractivity contribution in [3.63, 3.8) is 0 Å². The van der Waals surface area contributed by atoms with Crippen molar-refractivity contribution in [2.45, 2.75) is 32.6 Å². The number of aryl methyl sites for hydroxylation is 1. The van der Waals surface area contributed by atoms with Crippen molar-refractivity contribution < 1.29 is 14.7 Å². The Hall–Kier alpha value is -1.64. The van der Waals surface area contributed by atoms with E-state index in [2.05, 4.69) is 0 Å². The van der Waals surface area contributed by atoms with Gasteiger partial charge in [-0.3, -0.25) is 9.59 Å². The number of aliphatic carboxylic acids is 1. The smallest absolute Gasteiger partial charge is 0.306 e. The lowest BCUT2D eigenvalue weighted by molar-refractivity contribution is -0.143. The first-order valence-electron chi connectivity index (χ1n) is 6.42. The van der Waals surface area contributed by atoms with E-state index in [0.717, 1.165) is 24.0 Å². The topological polar surface area (TPSA) is 54.4 Å². The number of carbonyl (C=O) groups excluding carboxylic acids is 1. The van der Waals surface area contributed by atoms with E-state index in [-0.39, 0.29) is 17.6 Å². The van der Waals surface area contributed by atoms with Crippen molar-refractivity contribution in [2.75, 3.05) is 0 Å². The van der Waals surface area contributed by atoms with Gasteiger partial charge in [0.1, 0.15) is 0 Å². The van der Waals surface area contributed by atoms with E-state index in [9.17, 15) is 9.59 Å². The summed E-state index contributed by atoms with van der Waals surface area (Å²) in [6.07, 6.45) is 2.84. The fourth-order valence-corrected chi connectivity index (χ4v) is 2.72. The fourth-order valence-electron chi connectivity index (χ4n) is 2.72. The minimum Gasteiger partial charge on any atom is -0.481 e. The summed E-state index contributed by atoms with van der Waals surface area (Å²) in [5.41, 5.74) is 1.72.